The summed E-state index contributed by atoms with van der Waals surface area (Å²) < 4.78 is 5.29. The number of hydrogen-bond donors (Lipinski definition) is 1. The molecule has 186 valence electrons. The van der Waals surface area contributed by atoms with E-state index in [0.717, 1.165) is 22.9 Å². The van der Waals surface area contributed by atoms with Gasteiger partial charge in [-0.25, -0.2) is 4.98 Å². The van der Waals surface area contributed by atoms with Gasteiger partial charge in [0.15, 0.2) is 5.78 Å². The number of thioether (sulfide) groups is 1. The van der Waals surface area contributed by atoms with Gasteiger partial charge in [-0.2, -0.15) is 5.26 Å². The van der Waals surface area contributed by atoms with Crippen LogP contribution in [-0.2, 0) is 4.79 Å². The molecule has 1 aliphatic carbocycles. The quantitative estimate of drug-likeness (QED) is 0.215. The Labute approximate surface area is 223 Å². The van der Waals surface area contributed by atoms with E-state index in [1.165, 1.54) is 6.92 Å². The zero-order valence-corrected chi connectivity index (χ0v) is 21.4. The molecule has 1 heterocycles. The van der Waals surface area contributed by atoms with E-state index in [0.29, 0.717) is 44.3 Å². The number of methoxy groups -OCH3 is 1. The number of ketones is 2. The topological polar surface area (TPSA) is 109 Å². The van der Waals surface area contributed by atoms with Crippen molar-refractivity contribution >= 4 is 34.9 Å². The molecule has 0 unspecified atom stereocenters. The minimum atomic E-state index is -0.308. The highest BCUT2D eigenvalue weighted by molar-refractivity contribution is 8.00. The molecule has 1 N–H and O–H groups in total. The van der Waals surface area contributed by atoms with Gasteiger partial charge >= 0.3 is 0 Å². The Morgan fingerprint density at radius 3 is 2.29 bits per heavy atom. The second kappa shape index (κ2) is 10.3. The van der Waals surface area contributed by atoms with E-state index in [1.54, 1.807) is 55.6 Å². The van der Waals surface area contributed by atoms with Crippen LogP contribution in [0.2, 0.25) is 0 Å². The zero-order valence-electron chi connectivity index (χ0n) is 20.6. The molecule has 5 rings (SSSR count). The number of amides is 1. The number of hydrogen-bond acceptors (Lipinski definition) is 7. The molecule has 1 aliphatic rings. The Kier molecular flexibility index (Phi) is 6.77. The van der Waals surface area contributed by atoms with Gasteiger partial charge < -0.3 is 10.1 Å². The minimum absolute atomic E-state index is 0.0296. The van der Waals surface area contributed by atoms with Crippen LogP contribution in [0.3, 0.4) is 0 Å². The zero-order chi connectivity index (χ0) is 26.8. The fraction of sp³-hybridized carbons (Fsp3) is 0.100. The number of rotatable bonds is 7. The van der Waals surface area contributed by atoms with Gasteiger partial charge in [0.2, 0.25) is 11.7 Å². The Hall–Kier alpha value is -4.74. The lowest BCUT2D eigenvalue weighted by Crippen LogP contribution is -2.14. The summed E-state index contributed by atoms with van der Waals surface area (Å²) in [5.74, 6) is 0.0497. The average molecular weight is 520 g/mol. The fourth-order valence-electron chi connectivity index (χ4n) is 4.39. The molecule has 0 atom stereocenters. The van der Waals surface area contributed by atoms with Crippen molar-refractivity contribution in [2.45, 2.75) is 11.9 Å². The second-order valence-corrected chi connectivity index (χ2v) is 9.54. The predicted octanol–water partition coefficient (Wildman–Crippen LogP) is 5.77. The number of pyridine rings is 1. The van der Waals surface area contributed by atoms with Crippen LogP contribution in [-0.4, -0.2) is 35.3 Å². The maximum absolute atomic E-state index is 13.3. The van der Waals surface area contributed by atoms with Gasteiger partial charge in [-0.3, -0.25) is 14.4 Å². The maximum Gasteiger partial charge on any atom is 0.234 e. The standard InChI is InChI=1S/C30H21N3O4S/c1-17(34)18-7-11-20(12-8-18)32-25(35)16-38-30-24(15-31)26(19-9-13-21(37-2)14-10-19)27-22-5-3-4-6-23(22)29(36)28(27)33-30/h3-14H,16H2,1-2H3,(H,32,35). The average Bonchev–Trinajstić information content (AvgIpc) is 3.22. The molecule has 0 radical (unpaired) electrons. The summed E-state index contributed by atoms with van der Waals surface area (Å²) in [6, 6.07) is 23.4. The number of Topliss-reactive ketones (excluding diaryl/α,β-unsaturated/α-hetero) is 1. The summed E-state index contributed by atoms with van der Waals surface area (Å²) in [6.45, 7) is 1.48. The number of ether oxygens (including phenoxy) is 1. The number of fused-ring (bicyclic) bond motifs is 3. The van der Waals surface area contributed by atoms with Gasteiger partial charge in [-0.05, 0) is 54.4 Å². The third-order valence-corrected chi connectivity index (χ3v) is 7.20. The molecule has 3 aromatic carbocycles. The molecule has 8 heteroatoms. The second-order valence-electron chi connectivity index (χ2n) is 8.58. The molecule has 0 spiro atoms. The Morgan fingerprint density at radius 1 is 0.974 bits per heavy atom. The highest BCUT2D eigenvalue weighted by Crippen LogP contribution is 2.46. The van der Waals surface area contributed by atoms with Crippen LogP contribution in [0.25, 0.3) is 22.3 Å². The van der Waals surface area contributed by atoms with Crippen molar-refractivity contribution in [1.82, 2.24) is 4.98 Å². The van der Waals surface area contributed by atoms with Gasteiger partial charge in [0.1, 0.15) is 22.5 Å². The molecular formula is C30H21N3O4S. The first-order chi connectivity index (χ1) is 18.4. The number of carbonyl (C=O) groups is 3. The lowest BCUT2D eigenvalue weighted by atomic mass is 9.93. The van der Waals surface area contributed by atoms with Crippen molar-refractivity contribution in [2.24, 2.45) is 0 Å². The summed E-state index contributed by atoms with van der Waals surface area (Å²) in [5, 5.41) is 13.3. The van der Waals surface area contributed by atoms with Crippen LogP contribution in [0.1, 0.15) is 38.9 Å². The van der Waals surface area contributed by atoms with E-state index in [1.807, 2.05) is 24.3 Å². The summed E-state index contributed by atoms with van der Waals surface area (Å²) in [7, 11) is 1.58. The largest absolute Gasteiger partial charge is 0.497 e. The van der Waals surface area contributed by atoms with E-state index >= 15 is 0 Å². The van der Waals surface area contributed by atoms with Gasteiger partial charge in [-0.15, -0.1) is 0 Å². The fourth-order valence-corrected chi connectivity index (χ4v) is 5.18. The number of nitrogens with zero attached hydrogens (tertiary/aromatic N) is 2. The molecule has 7 nitrogen and oxygen atoms in total. The molecule has 0 bridgehead atoms. The molecule has 0 saturated heterocycles. The Balaban J connectivity index is 1.52. The summed E-state index contributed by atoms with van der Waals surface area (Å²) in [4.78, 5) is 42.1. The number of aromatic nitrogens is 1. The lowest BCUT2D eigenvalue weighted by molar-refractivity contribution is -0.113. The highest BCUT2D eigenvalue weighted by Gasteiger charge is 2.34. The summed E-state index contributed by atoms with van der Waals surface area (Å²) in [6.07, 6.45) is 0. The van der Waals surface area contributed by atoms with Crippen molar-refractivity contribution in [3.05, 3.63) is 95.2 Å². The van der Waals surface area contributed by atoms with E-state index in [9.17, 15) is 19.6 Å². The van der Waals surface area contributed by atoms with Crippen molar-refractivity contribution in [1.29, 1.82) is 5.26 Å². The summed E-state index contributed by atoms with van der Waals surface area (Å²) >= 11 is 1.09. The van der Waals surface area contributed by atoms with Gasteiger partial charge in [0.05, 0.1) is 18.4 Å². The highest BCUT2D eigenvalue weighted by atomic mass is 32.2. The summed E-state index contributed by atoms with van der Waals surface area (Å²) in [5.41, 5.74) is 4.87. The van der Waals surface area contributed by atoms with Crippen LogP contribution in [0.15, 0.2) is 77.8 Å². The van der Waals surface area contributed by atoms with Gasteiger partial charge in [-0.1, -0.05) is 48.2 Å². The van der Waals surface area contributed by atoms with Crippen molar-refractivity contribution in [2.75, 3.05) is 18.2 Å². The van der Waals surface area contributed by atoms with Crippen molar-refractivity contribution in [3.63, 3.8) is 0 Å². The first-order valence-electron chi connectivity index (χ1n) is 11.7. The van der Waals surface area contributed by atoms with Crippen molar-refractivity contribution < 1.29 is 19.1 Å². The van der Waals surface area contributed by atoms with Crippen LogP contribution >= 0.6 is 11.8 Å². The van der Waals surface area contributed by atoms with Crippen LogP contribution in [0.5, 0.6) is 5.75 Å². The van der Waals surface area contributed by atoms with Crippen LogP contribution < -0.4 is 10.1 Å². The van der Waals surface area contributed by atoms with E-state index in [4.69, 9.17) is 4.74 Å². The number of anilines is 1. The van der Waals surface area contributed by atoms with E-state index in [2.05, 4.69) is 16.4 Å². The number of benzene rings is 3. The molecule has 1 amide bonds. The Morgan fingerprint density at radius 2 is 1.66 bits per heavy atom. The Bertz CT molecular complexity index is 1640. The molecule has 1 aromatic heterocycles. The van der Waals surface area contributed by atoms with Gasteiger partial charge in [0, 0.05) is 27.9 Å². The molecule has 4 aromatic rings. The third kappa shape index (κ3) is 4.56. The number of nitriles is 1. The molecule has 0 saturated carbocycles. The first-order valence-corrected chi connectivity index (χ1v) is 12.7. The number of carbonyl (C=O) groups excluding carboxylic acids is 3. The SMILES string of the molecule is COc1ccc(-c2c(C#N)c(SCC(=O)Nc3ccc(C(C)=O)cc3)nc3c2-c2ccccc2C3=O)cc1. The molecule has 0 aliphatic heterocycles. The number of nitrogens with one attached hydrogen (secondary N) is 1. The molecule has 38 heavy (non-hydrogen) atoms. The van der Waals surface area contributed by atoms with Crippen LogP contribution in [0.4, 0.5) is 5.69 Å². The monoisotopic (exact) mass is 519 g/mol. The predicted molar refractivity (Wildman–Crippen MR) is 146 cm³/mol. The first kappa shape index (κ1) is 24.9. The molecule has 0 fully saturated rings. The third-order valence-electron chi connectivity index (χ3n) is 6.23. The van der Waals surface area contributed by atoms with E-state index < -0.39 is 0 Å². The smallest absolute Gasteiger partial charge is 0.234 e. The van der Waals surface area contributed by atoms with E-state index in [-0.39, 0.29) is 28.9 Å². The normalized spacial score (nSPS) is 11.3. The lowest BCUT2D eigenvalue weighted by Gasteiger charge is -2.15. The van der Waals surface area contributed by atoms with Crippen LogP contribution in [0, 0.1) is 11.3 Å². The van der Waals surface area contributed by atoms with Gasteiger partial charge in [0.25, 0.3) is 0 Å². The maximum atomic E-state index is 13.3. The molecular weight excluding hydrogens is 498 g/mol. The van der Waals surface area contributed by atoms with Crippen molar-refractivity contribution in [3.8, 4) is 34.1 Å². The minimum Gasteiger partial charge on any atom is -0.497 e.